The normalized spacial score (nSPS) is 12.6. The van der Waals surface area contributed by atoms with Gasteiger partial charge in [-0.2, -0.15) is 0 Å². The second-order valence-corrected chi connectivity index (χ2v) is 6.47. The van der Waals surface area contributed by atoms with Crippen molar-refractivity contribution >= 4 is 17.6 Å². The van der Waals surface area contributed by atoms with Crippen molar-refractivity contribution in [3.63, 3.8) is 0 Å². The third-order valence-corrected chi connectivity index (χ3v) is 4.65. The fraction of sp³-hybridized carbons (Fsp3) is 0.364. The lowest BCUT2D eigenvalue weighted by Gasteiger charge is -2.19. The van der Waals surface area contributed by atoms with Crippen LogP contribution in [0.1, 0.15) is 49.0 Å². The molecule has 0 spiro atoms. The van der Waals surface area contributed by atoms with Crippen LogP contribution in [-0.4, -0.2) is 32.2 Å². The molecule has 28 heavy (non-hydrogen) atoms. The van der Waals surface area contributed by atoms with Crippen molar-refractivity contribution < 1.29 is 23.8 Å². The van der Waals surface area contributed by atoms with Gasteiger partial charge in [-0.3, -0.25) is 4.79 Å². The van der Waals surface area contributed by atoms with E-state index >= 15 is 0 Å². The third-order valence-electron chi connectivity index (χ3n) is 4.65. The van der Waals surface area contributed by atoms with E-state index in [4.69, 9.17) is 14.2 Å². The molecule has 150 valence electrons. The van der Waals surface area contributed by atoms with E-state index in [-0.39, 0.29) is 5.56 Å². The molecule has 0 unspecified atom stereocenters. The number of esters is 1. The Morgan fingerprint density at radius 2 is 1.57 bits per heavy atom. The Kier molecular flexibility index (Phi) is 7.44. The van der Waals surface area contributed by atoms with Crippen LogP contribution >= 0.6 is 0 Å². The molecule has 0 aliphatic heterocycles. The molecule has 1 N–H and O–H groups in total. The lowest BCUT2D eigenvalue weighted by Crippen LogP contribution is -2.30. The molecule has 0 radical (unpaired) electrons. The largest absolute Gasteiger partial charge is 0.496 e. The number of nitrogens with one attached hydrogen (secondary N) is 1. The summed E-state index contributed by atoms with van der Waals surface area (Å²) in [6.07, 6.45) is -0.0440. The molecule has 0 saturated heterocycles. The smallest absolute Gasteiger partial charge is 0.346 e. The Balaban J connectivity index is 2.15. The number of carbonyl (C=O) groups is 2. The average molecular weight is 385 g/mol. The maximum absolute atomic E-state index is 12.6. The Labute approximate surface area is 165 Å². The predicted molar refractivity (Wildman–Crippen MR) is 108 cm³/mol. The van der Waals surface area contributed by atoms with Crippen molar-refractivity contribution in [1.29, 1.82) is 0 Å². The number of carbonyl (C=O) groups excluding carboxylic acids is 2. The SMILES string of the molecule is CC[C@H](C)c1ccccc1NC(=O)[C@H](C)OC(=O)c1c(OC)cccc1OC. The molecule has 0 bridgehead atoms. The number of methoxy groups -OCH3 is 2. The average Bonchev–Trinajstić information content (AvgIpc) is 2.72. The van der Waals surface area contributed by atoms with Gasteiger partial charge in [0, 0.05) is 5.69 Å². The zero-order chi connectivity index (χ0) is 20.7. The molecule has 2 aromatic rings. The molecule has 0 saturated carbocycles. The number of hydrogen-bond donors (Lipinski definition) is 1. The van der Waals surface area contributed by atoms with Gasteiger partial charge in [-0.15, -0.1) is 0 Å². The number of amides is 1. The van der Waals surface area contributed by atoms with Crippen LogP contribution in [0.3, 0.4) is 0 Å². The summed E-state index contributed by atoms with van der Waals surface area (Å²) in [6, 6.07) is 12.6. The van der Waals surface area contributed by atoms with E-state index in [1.54, 1.807) is 18.2 Å². The highest BCUT2D eigenvalue weighted by molar-refractivity contribution is 6.00. The monoisotopic (exact) mass is 385 g/mol. The molecule has 0 fully saturated rings. The van der Waals surface area contributed by atoms with Crippen molar-refractivity contribution in [1.82, 2.24) is 0 Å². The molecule has 0 aromatic heterocycles. The first-order valence-electron chi connectivity index (χ1n) is 9.24. The highest BCUT2D eigenvalue weighted by Gasteiger charge is 2.25. The van der Waals surface area contributed by atoms with E-state index in [1.807, 2.05) is 24.3 Å². The minimum atomic E-state index is -0.993. The molecular formula is C22H27NO5. The van der Waals surface area contributed by atoms with Crippen molar-refractivity contribution in [3.8, 4) is 11.5 Å². The van der Waals surface area contributed by atoms with E-state index in [9.17, 15) is 9.59 Å². The summed E-state index contributed by atoms with van der Waals surface area (Å²) >= 11 is 0. The maximum Gasteiger partial charge on any atom is 0.346 e. The van der Waals surface area contributed by atoms with Gasteiger partial charge in [0.1, 0.15) is 17.1 Å². The lowest BCUT2D eigenvalue weighted by molar-refractivity contribution is -0.123. The third kappa shape index (κ3) is 4.82. The van der Waals surface area contributed by atoms with Crippen molar-refractivity contribution in [3.05, 3.63) is 53.6 Å². The van der Waals surface area contributed by atoms with E-state index in [0.717, 1.165) is 17.7 Å². The molecule has 0 heterocycles. The van der Waals surface area contributed by atoms with Gasteiger partial charge in [-0.25, -0.2) is 4.79 Å². The lowest BCUT2D eigenvalue weighted by atomic mass is 9.97. The molecular weight excluding hydrogens is 358 g/mol. The van der Waals surface area contributed by atoms with Crippen LogP contribution in [0.15, 0.2) is 42.5 Å². The van der Waals surface area contributed by atoms with Crippen LogP contribution in [0.25, 0.3) is 0 Å². The summed E-state index contributed by atoms with van der Waals surface area (Å²) in [4.78, 5) is 25.2. The van der Waals surface area contributed by atoms with E-state index in [1.165, 1.54) is 21.1 Å². The van der Waals surface area contributed by atoms with Crippen LogP contribution in [0.2, 0.25) is 0 Å². The summed E-state index contributed by atoms with van der Waals surface area (Å²) in [5.74, 6) is -0.157. The number of ether oxygens (including phenoxy) is 3. The van der Waals surface area contributed by atoms with E-state index < -0.39 is 18.0 Å². The Hall–Kier alpha value is -3.02. The highest BCUT2D eigenvalue weighted by Crippen LogP contribution is 2.30. The van der Waals surface area contributed by atoms with Crippen LogP contribution in [0.4, 0.5) is 5.69 Å². The number of benzene rings is 2. The van der Waals surface area contributed by atoms with Gasteiger partial charge < -0.3 is 19.5 Å². The first kappa shape index (κ1) is 21.3. The minimum Gasteiger partial charge on any atom is -0.496 e. The van der Waals surface area contributed by atoms with Crippen molar-refractivity contribution in [2.75, 3.05) is 19.5 Å². The highest BCUT2D eigenvalue weighted by atomic mass is 16.6. The van der Waals surface area contributed by atoms with Gasteiger partial charge in [0.15, 0.2) is 6.10 Å². The first-order chi connectivity index (χ1) is 13.4. The predicted octanol–water partition coefficient (Wildman–Crippen LogP) is 4.40. The summed E-state index contributed by atoms with van der Waals surface area (Å²) < 4.78 is 15.8. The topological polar surface area (TPSA) is 73.9 Å². The fourth-order valence-corrected chi connectivity index (χ4v) is 2.82. The molecule has 0 aliphatic rings. The first-order valence-corrected chi connectivity index (χ1v) is 9.24. The second kappa shape index (κ2) is 9.78. The quantitative estimate of drug-likeness (QED) is 0.682. The molecule has 6 nitrogen and oxygen atoms in total. The number of anilines is 1. The maximum atomic E-state index is 12.6. The molecule has 1 amide bonds. The van der Waals surface area contributed by atoms with Gasteiger partial charge in [0.05, 0.1) is 14.2 Å². The fourth-order valence-electron chi connectivity index (χ4n) is 2.82. The van der Waals surface area contributed by atoms with Crippen LogP contribution in [0, 0.1) is 0 Å². The molecule has 6 heteroatoms. The summed E-state index contributed by atoms with van der Waals surface area (Å²) in [6.45, 7) is 5.72. The number of rotatable bonds is 8. The minimum absolute atomic E-state index is 0.146. The van der Waals surface area contributed by atoms with Gasteiger partial charge in [-0.1, -0.05) is 38.1 Å². The van der Waals surface area contributed by atoms with Gasteiger partial charge >= 0.3 is 5.97 Å². The summed E-state index contributed by atoms with van der Waals surface area (Å²) in [5, 5.41) is 2.86. The Bertz CT molecular complexity index is 811. The Morgan fingerprint density at radius 1 is 0.964 bits per heavy atom. The van der Waals surface area contributed by atoms with E-state index in [0.29, 0.717) is 17.4 Å². The zero-order valence-electron chi connectivity index (χ0n) is 16.9. The second-order valence-electron chi connectivity index (χ2n) is 6.47. The van der Waals surface area contributed by atoms with Crippen molar-refractivity contribution in [2.45, 2.75) is 39.2 Å². The van der Waals surface area contributed by atoms with Gasteiger partial charge in [0.2, 0.25) is 0 Å². The number of para-hydroxylation sites is 1. The standard InChI is InChI=1S/C22H27NO5/c1-6-14(2)16-10-7-8-11-17(16)23-21(24)15(3)28-22(25)20-18(26-4)12-9-13-19(20)27-5/h7-15H,6H2,1-5H3,(H,23,24)/t14-,15-/m0/s1. The van der Waals surface area contributed by atoms with Gasteiger partial charge in [0.25, 0.3) is 5.91 Å². The summed E-state index contributed by atoms with van der Waals surface area (Å²) in [5.41, 5.74) is 1.91. The van der Waals surface area contributed by atoms with Gasteiger partial charge in [-0.05, 0) is 43.0 Å². The molecule has 0 aliphatic carbocycles. The van der Waals surface area contributed by atoms with E-state index in [2.05, 4.69) is 19.2 Å². The van der Waals surface area contributed by atoms with Crippen molar-refractivity contribution in [2.24, 2.45) is 0 Å². The van der Waals surface area contributed by atoms with Crippen LogP contribution in [-0.2, 0) is 9.53 Å². The van der Waals surface area contributed by atoms with Crippen LogP contribution < -0.4 is 14.8 Å². The molecule has 2 atom stereocenters. The zero-order valence-corrected chi connectivity index (χ0v) is 16.9. The number of hydrogen-bond acceptors (Lipinski definition) is 5. The molecule has 2 rings (SSSR count). The summed E-state index contributed by atoms with van der Waals surface area (Å²) in [7, 11) is 2.90. The molecule has 2 aromatic carbocycles. The Morgan fingerprint density at radius 3 is 2.14 bits per heavy atom. The van der Waals surface area contributed by atoms with Crippen LogP contribution in [0.5, 0.6) is 11.5 Å².